The van der Waals surface area contributed by atoms with E-state index in [0.717, 1.165) is 36.5 Å². The van der Waals surface area contributed by atoms with Crippen LogP contribution in [0.15, 0.2) is 53.5 Å². The first-order valence-electron chi connectivity index (χ1n) is 8.18. The molecule has 24 heavy (non-hydrogen) atoms. The van der Waals surface area contributed by atoms with Crippen LogP contribution in [0.25, 0.3) is 0 Å². The van der Waals surface area contributed by atoms with Gasteiger partial charge in [0.1, 0.15) is 17.6 Å². The molecule has 1 fully saturated rings. The number of hydrogen-bond donors (Lipinski definition) is 2. The Morgan fingerprint density at radius 1 is 1.21 bits per heavy atom. The third kappa shape index (κ3) is 2.73. The van der Waals surface area contributed by atoms with E-state index in [2.05, 4.69) is 16.3 Å². The summed E-state index contributed by atoms with van der Waals surface area (Å²) in [6.45, 7) is 1.21. The number of aromatic hydroxyl groups is 1. The van der Waals surface area contributed by atoms with Gasteiger partial charge in [0.15, 0.2) is 0 Å². The summed E-state index contributed by atoms with van der Waals surface area (Å²) in [5.41, 5.74) is 3.16. The zero-order valence-corrected chi connectivity index (χ0v) is 13.3. The molecule has 2 aromatic rings. The van der Waals surface area contributed by atoms with Crippen LogP contribution in [0.4, 0.5) is 5.69 Å². The number of phenolic OH excluding ortho intramolecular Hbond substituents is 1. The third-order valence-corrected chi connectivity index (χ3v) is 4.64. The molecule has 122 valence electrons. The Hall–Kier alpha value is -2.82. The number of amidine groups is 1. The molecule has 1 amide bonds. The van der Waals surface area contributed by atoms with Crippen molar-refractivity contribution in [2.75, 3.05) is 0 Å². The summed E-state index contributed by atoms with van der Waals surface area (Å²) in [4.78, 5) is 19.4. The molecular formula is C19H19N3O2. The number of phenols is 1. The number of carbonyl (C=O) groups excluding carboxylic acids is 1. The van der Waals surface area contributed by atoms with Crippen LogP contribution < -0.4 is 5.32 Å². The molecule has 0 bridgehead atoms. The highest BCUT2D eigenvalue weighted by Crippen LogP contribution is 2.32. The van der Waals surface area contributed by atoms with Gasteiger partial charge in [0.05, 0.1) is 5.69 Å². The second-order valence-electron chi connectivity index (χ2n) is 6.22. The summed E-state index contributed by atoms with van der Waals surface area (Å²) in [6, 6.07) is 14.8. The fourth-order valence-electron chi connectivity index (χ4n) is 3.34. The van der Waals surface area contributed by atoms with E-state index in [4.69, 9.17) is 4.99 Å². The van der Waals surface area contributed by atoms with Gasteiger partial charge in [-0.1, -0.05) is 30.3 Å². The minimum absolute atomic E-state index is 0.0349. The predicted molar refractivity (Wildman–Crippen MR) is 92.1 cm³/mol. The van der Waals surface area contributed by atoms with Crippen LogP contribution in [0.1, 0.15) is 24.0 Å². The fraction of sp³-hybridized carbons (Fsp3) is 0.263. The van der Waals surface area contributed by atoms with E-state index in [1.165, 1.54) is 5.56 Å². The summed E-state index contributed by atoms with van der Waals surface area (Å²) < 4.78 is 0. The Morgan fingerprint density at radius 2 is 2.00 bits per heavy atom. The monoisotopic (exact) mass is 321 g/mol. The van der Waals surface area contributed by atoms with Crippen molar-refractivity contribution in [1.82, 2.24) is 10.2 Å². The standard InChI is InChI=1S/C19H19N3O2/c23-15-7-5-13(6-8-15)11-20-19(24)17-9-10-18-21-16-4-2-1-3-14(16)12-22(17)18/h1-8,17,23H,9-12H2,(H,20,24)/t17-/m1/s1. The number of amides is 1. The smallest absolute Gasteiger partial charge is 0.243 e. The van der Waals surface area contributed by atoms with Crippen molar-refractivity contribution in [2.45, 2.75) is 32.0 Å². The highest BCUT2D eigenvalue weighted by Gasteiger charge is 2.36. The first-order chi connectivity index (χ1) is 11.7. The summed E-state index contributed by atoms with van der Waals surface area (Å²) in [5.74, 6) is 1.28. The summed E-state index contributed by atoms with van der Waals surface area (Å²) in [5, 5.41) is 12.3. The molecule has 0 aliphatic carbocycles. The Balaban J connectivity index is 1.44. The lowest BCUT2D eigenvalue weighted by Gasteiger charge is -2.29. The van der Waals surface area contributed by atoms with Crippen molar-refractivity contribution < 1.29 is 9.90 Å². The Morgan fingerprint density at radius 3 is 2.83 bits per heavy atom. The third-order valence-electron chi connectivity index (χ3n) is 4.64. The number of para-hydroxylation sites is 1. The number of nitrogens with one attached hydrogen (secondary N) is 1. The Bertz CT molecular complexity index is 799. The maximum Gasteiger partial charge on any atom is 0.243 e. The molecule has 0 radical (unpaired) electrons. The van der Waals surface area contributed by atoms with Gasteiger partial charge in [-0.05, 0) is 35.7 Å². The number of carbonyl (C=O) groups is 1. The number of rotatable bonds is 3. The van der Waals surface area contributed by atoms with E-state index >= 15 is 0 Å². The molecule has 0 aromatic heterocycles. The SMILES string of the molecule is O=C(NCc1ccc(O)cc1)[C@H]1CCC2=Nc3ccccc3CN21. The molecule has 2 heterocycles. The normalized spacial score (nSPS) is 18.6. The molecule has 0 spiro atoms. The molecule has 0 saturated carbocycles. The zero-order chi connectivity index (χ0) is 16.5. The van der Waals surface area contributed by atoms with Crippen LogP contribution in [0.2, 0.25) is 0 Å². The van der Waals surface area contributed by atoms with Crippen molar-refractivity contribution in [2.24, 2.45) is 4.99 Å². The van der Waals surface area contributed by atoms with E-state index in [1.54, 1.807) is 12.1 Å². The first kappa shape index (κ1) is 14.8. The van der Waals surface area contributed by atoms with Crippen LogP contribution in [0.5, 0.6) is 5.75 Å². The zero-order valence-electron chi connectivity index (χ0n) is 13.3. The average molecular weight is 321 g/mol. The Kier molecular flexibility index (Phi) is 3.69. The van der Waals surface area contributed by atoms with E-state index in [1.807, 2.05) is 30.3 Å². The minimum Gasteiger partial charge on any atom is -0.508 e. The lowest BCUT2D eigenvalue weighted by atomic mass is 10.1. The lowest BCUT2D eigenvalue weighted by Crippen LogP contribution is -2.44. The van der Waals surface area contributed by atoms with Gasteiger partial charge in [-0.25, -0.2) is 4.99 Å². The van der Waals surface area contributed by atoms with Crippen molar-refractivity contribution in [3.63, 3.8) is 0 Å². The van der Waals surface area contributed by atoms with Crippen LogP contribution >= 0.6 is 0 Å². The van der Waals surface area contributed by atoms with Crippen molar-refractivity contribution >= 4 is 17.4 Å². The fourth-order valence-corrected chi connectivity index (χ4v) is 3.34. The highest BCUT2D eigenvalue weighted by atomic mass is 16.3. The molecule has 2 aliphatic heterocycles. The van der Waals surface area contributed by atoms with Crippen molar-refractivity contribution in [3.05, 3.63) is 59.7 Å². The molecule has 2 aliphatic rings. The van der Waals surface area contributed by atoms with Crippen molar-refractivity contribution in [3.8, 4) is 5.75 Å². The van der Waals surface area contributed by atoms with E-state index in [9.17, 15) is 9.90 Å². The van der Waals surface area contributed by atoms with Gasteiger partial charge < -0.3 is 15.3 Å². The molecule has 1 saturated heterocycles. The number of benzene rings is 2. The highest BCUT2D eigenvalue weighted by molar-refractivity contribution is 5.95. The maximum absolute atomic E-state index is 12.6. The molecule has 5 heteroatoms. The van der Waals surface area contributed by atoms with Gasteiger partial charge in [0, 0.05) is 19.5 Å². The lowest BCUT2D eigenvalue weighted by molar-refractivity contribution is -0.125. The molecule has 4 rings (SSSR count). The van der Waals surface area contributed by atoms with E-state index in [-0.39, 0.29) is 17.7 Å². The molecule has 2 N–H and O–H groups in total. The molecular weight excluding hydrogens is 302 g/mol. The van der Waals surface area contributed by atoms with Crippen LogP contribution in [-0.2, 0) is 17.9 Å². The first-order valence-corrected chi connectivity index (χ1v) is 8.18. The van der Waals surface area contributed by atoms with E-state index in [0.29, 0.717) is 6.54 Å². The van der Waals surface area contributed by atoms with Gasteiger partial charge in [0.2, 0.25) is 5.91 Å². The average Bonchev–Trinajstić information content (AvgIpc) is 3.02. The summed E-state index contributed by atoms with van der Waals surface area (Å²) in [7, 11) is 0. The van der Waals surface area contributed by atoms with Crippen LogP contribution in [0.3, 0.4) is 0 Å². The van der Waals surface area contributed by atoms with Crippen LogP contribution in [0, 0.1) is 0 Å². The number of aliphatic imine (C=N–C) groups is 1. The molecule has 0 unspecified atom stereocenters. The molecule has 5 nitrogen and oxygen atoms in total. The maximum atomic E-state index is 12.6. The molecule has 2 aromatic carbocycles. The van der Waals surface area contributed by atoms with Gasteiger partial charge in [0.25, 0.3) is 0 Å². The summed E-state index contributed by atoms with van der Waals surface area (Å²) in [6.07, 6.45) is 1.64. The van der Waals surface area contributed by atoms with E-state index < -0.39 is 0 Å². The topological polar surface area (TPSA) is 64.9 Å². The number of nitrogens with zero attached hydrogens (tertiary/aromatic N) is 2. The predicted octanol–water partition coefficient (Wildman–Crippen LogP) is 2.72. The van der Waals surface area contributed by atoms with Gasteiger partial charge in [-0.2, -0.15) is 0 Å². The second kappa shape index (κ2) is 6.00. The van der Waals surface area contributed by atoms with Crippen molar-refractivity contribution in [1.29, 1.82) is 0 Å². The second-order valence-corrected chi connectivity index (χ2v) is 6.22. The van der Waals surface area contributed by atoms with Gasteiger partial charge in [-0.15, -0.1) is 0 Å². The van der Waals surface area contributed by atoms with Crippen LogP contribution in [-0.4, -0.2) is 27.8 Å². The molecule has 1 atom stereocenters. The number of hydrogen-bond acceptors (Lipinski definition) is 4. The largest absolute Gasteiger partial charge is 0.508 e. The minimum atomic E-state index is -0.158. The number of fused-ring (bicyclic) bond motifs is 2. The Labute approximate surface area is 140 Å². The van der Waals surface area contributed by atoms with Gasteiger partial charge >= 0.3 is 0 Å². The quantitative estimate of drug-likeness (QED) is 0.913. The van der Waals surface area contributed by atoms with Gasteiger partial charge in [-0.3, -0.25) is 4.79 Å². The summed E-state index contributed by atoms with van der Waals surface area (Å²) >= 11 is 0.